The SMILES string of the molecule is COc1ccccc1/C=C/C(=O)Nc1sc2c(c1C(N)=O)CCCC2. The molecule has 0 fully saturated rings. The summed E-state index contributed by atoms with van der Waals surface area (Å²) in [5.41, 5.74) is 7.83. The molecule has 1 aliphatic rings. The number of anilines is 1. The molecule has 1 heterocycles. The molecule has 0 spiro atoms. The van der Waals surface area contributed by atoms with Crippen LogP contribution in [-0.4, -0.2) is 18.9 Å². The molecule has 0 saturated heterocycles. The summed E-state index contributed by atoms with van der Waals surface area (Å²) >= 11 is 1.46. The number of carbonyl (C=O) groups is 2. The number of para-hydroxylation sites is 1. The molecule has 3 rings (SSSR count). The number of fused-ring (bicyclic) bond motifs is 1. The van der Waals surface area contributed by atoms with E-state index in [1.807, 2.05) is 24.3 Å². The van der Waals surface area contributed by atoms with Gasteiger partial charge >= 0.3 is 0 Å². The second-order valence-corrected chi connectivity index (χ2v) is 6.95. The van der Waals surface area contributed by atoms with Gasteiger partial charge in [0.2, 0.25) is 5.91 Å². The highest BCUT2D eigenvalue weighted by Crippen LogP contribution is 2.37. The second-order valence-electron chi connectivity index (χ2n) is 5.84. The lowest BCUT2D eigenvalue weighted by Crippen LogP contribution is -2.17. The Hall–Kier alpha value is -2.60. The van der Waals surface area contributed by atoms with Crippen molar-refractivity contribution in [2.24, 2.45) is 5.73 Å². The third-order valence-electron chi connectivity index (χ3n) is 4.21. The maximum absolute atomic E-state index is 12.3. The lowest BCUT2D eigenvalue weighted by atomic mass is 9.95. The van der Waals surface area contributed by atoms with Crippen molar-refractivity contribution >= 4 is 34.2 Å². The molecular formula is C19H20N2O3S. The minimum Gasteiger partial charge on any atom is -0.496 e. The highest BCUT2D eigenvalue weighted by molar-refractivity contribution is 7.17. The molecule has 130 valence electrons. The molecule has 0 unspecified atom stereocenters. The quantitative estimate of drug-likeness (QED) is 0.806. The lowest BCUT2D eigenvalue weighted by Gasteiger charge is -2.11. The van der Waals surface area contributed by atoms with Gasteiger partial charge in [0.15, 0.2) is 0 Å². The summed E-state index contributed by atoms with van der Waals surface area (Å²) < 4.78 is 5.26. The fourth-order valence-corrected chi connectivity index (χ4v) is 4.34. The van der Waals surface area contributed by atoms with Crippen molar-refractivity contribution in [1.82, 2.24) is 0 Å². The van der Waals surface area contributed by atoms with Crippen LogP contribution in [0.4, 0.5) is 5.00 Å². The lowest BCUT2D eigenvalue weighted by molar-refractivity contribution is -0.111. The van der Waals surface area contributed by atoms with E-state index in [-0.39, 0.29) is 5.91 Å². The van der Waals surface area contributed by atoms with Crippen LogP contribution in [0.15, 0.2) is 30.3 Å². The summed E-state index contributed by atoms with van der Waals surface area (Å²) in [6.45, 7) is 0. The molecule has 1 aliphatic carbocycles. The van der Waals surface area contributed by atoms with E-state index in [9.17, 15) is 9.59 Å². The van der Waals surface area contributed by atoms with Crippen LogP contribution in [0.25, 0.3) is 6.08 Å². The van der Waals surface area contributed by atoms with Crippen molar-refractivity contribution < 1.29 is 14.3 Å². The highest BCUT2D eigenvalue weighted by Gasteiger charge is 2.24. The number of amides is 2. The Morgan fingerprint density at radius 3 is 2.76 bits per heavy atom. The van der Waals surface area contributed by atoms with Crippen molar-refractivity contribution in [3.05, 3.63) is 51.9 Å². The number of nitrogens with one attached hydrogen (secondary N) is 1. The van der Waals surface area contributed by atoms with Crippen LogP contribution in [0.1, 0.15) is 39.2 Å². The molecule has 2 amide bonds. The molecule has 0 atom stereocenters. The molecule has 0 saturated carbocycles. The van der Waals surface area contributed by atoms with Gasteiger partial charge in [-0.25, -0.2) is 0 Å². The van der Waals surface area contributed by atoms with Crippen molar-refractivity contribution in [3.8, 4) is 5.75 Å². The number of ether oxygens (including phenoxy) is 1. The van der Waals surface area contributed by atoms with Gasteiger partial charge in [-0.1, -0.05) is 18.2 Å². The van der Waals surface area contributed by atoms with E-state index in [4.69, 9.17) is 10.5 Å². The number of thiophene rings is 1. The Morgan fingerprint density at radius 2 is 2.00 bits per heavy atom. The van der Waals surface area contributed by atoms with E-state index in [1.54, 1.807) is 13.2 Å². The number of aryl methyl sites for hydroxylation is 1. The summed E-state index contributed by atoms with van der Waals surface area (Å²) in [5.74, 6) is -0.0913. The predicted octanol–water partition coefficient (Wildman–Crippen LogP) is 3.39. The Labute approximate surface area is 150 Å². The topological polar surface area (TPSA) is 81.4 Å². The first-order valence-electron chi connectivity index (χ1n) is 8.16. The fourth-order valence-electron chi connectivity index (χ4n) is 3.04. The second kappa shape index (κ2) is 7.53. The molecule has 0 bridgehead atoms. The van der Waals surface area contributed by atoms with Gasteiger partial charge in [0.25, 0.3) is 5.91 Å². The van der Waals surface area contributed by atoms with E-state index in [0.29, 0.717) is 16.3 Å². The Balaban J connectivity index is 1.80. The zero-order valence-electron chi connectivity index (χ0n) is 14.0. The molecule has 1 aromatic carbocycles. The van der Waals surface area contributed by atoms with E-state index in [2.05, 4.69) is 5.32 Å². The highest BCUT2D eigenvalue weighted by atomic mass is 32.1. The number of rotatable bonds is 5. The number of nitrogens with two attached hydrogens (primary N) is 1. The maximum Gasteiger partial charge on any atom is 0.251 e. The molecular weight excluding hydrogens is 336 g/mol. The third-order valence-corrected chi connectivity index (χ3v) is 5.41. The fraction of sp³-hybridized carbons (Fsp3) is 0.263. The minimum absolute atomic E-state index is 0.299. The average Bonchev–Trinajstić information content (AvgIpc) is 2.98. The van der Waals surface area contributed by atoms with Gasteiger partial charge in [0.05, 0.1) is 12.7 Å². The van der Waals surface area contributed by atoms with Crippen LogP contribution in [0.3, 0.4) is 0 Å². The number of primary amides is 1. The van der Waals surface area contributed by atoms with E-state index >= 15 is 0 Å². The van der Waals surface area contributed by atoms with Gasteiger partial charge in [-0.3, -0.25) is 9.59 Å². The Bertz CT molecular complexity index is 839. The first kappa shape index (κ1) is 17.2. The van der Waals surface area contributed by atoms with Gasteiger partial charge < -0.3 is 15.8 Å². The predicted molar refractivity (Wildman–Crippen MR) is 100 cm³/mol. The molecule has 1 aromatic heterocycles. The van der Waals surface area contributed by atoms with Gasteiger partial charge in [-0.15, -0.1) is 11.3 Å². The first-order chi connectivity index (χ1) is 12.1. The Morgan fingerprint density at radius 1 is 1.24 bits per heavy atom. The maximum atomic E-state index is 12.3. The van der Waals surface area contributed by atoms with Gasteiger partial charge in [-0.2, -0.15) is 0 Å². The number of hydrogen-bond donors (Lipinski definition) is 2. The summed E-state index contributed by atoms with van der Waals surface area (Å²) in [7, 11) is 1.59. The number of hydrogen-bond acceptors (Lipinski definition) is 4. The largest absolute Gasteiger partial charge is 0.496 e. The molecule has 3 N–H and O–H groups in total. The van der Waals surface area contributed by atoms with Gasteiger partial charge in [0.1, 0.15) is 10.8 Å². The molecule has 6 heteroatoms. The number of benzene rings is 1. The normalized spacial score (nSPS) is 13.5. The zero-order valence-corrected chi connectivity index (χ0v) is 14.8. The summed E-state index contributed by atoms with van der Waals surface area (Å²) in [6, 6.07) is 7.43. The molecule has 5 nitrogen and oxygen atoms in total. The molecule has 25 heavy (non-hydrogen) atoms. The van der Waals surface area contributed by atoms with E-state index in [1.165, 1.54) is 17.4 Å². The standard InChI is InChI=1S/C19H20N2O3S/c1-24-14-8-4-2-6-12(14)10-11-16(22)21-19-17(18(20)23)13-7-3-5-9-15(13)25-19/h2,4,6,8,10-11H,3,5,7,9H2,1H3,(H2,20,23)(H,21,22)/b11-10+. The average molecular weight is 356 g/mol. The van der Waals surface area contributed by atoms with Gasteiger partial charge in [0, 0.05) is 16.5 Å². The zero-order chi connectivity index (χ0) is 17.8. The van der Waals surface area contributed by atoms with Crippen molar-refractivity contribution in [2.75, 3.05) is 12.4 Å². The molecule has 0 aliphatic heterocycles. The molecule has 2 aromatic rings. The van der Waals surface area contributed by atoms with Crippen LogP contribution < -0.4 is 15.8 Å². The van der Waals surface area contributed by atoms with Crippen molar-refractivity contribution in [2.45, 2.75) is 25.7 Å². The van der Waals surface area contributed by atoms with Crippen LogP contribution in [0, 0.1) is 0 Å². The monoisotopic (exact) mass is 356 g/mol. The van der Waals surface area contributed by atoms with Crippen LogP contribution in [-0.2, 0) is 17.6 Å². The summed E-state index contributed by atoms with van der Waals surface area (Å²) in [6.07, 6.45) is 7.05. The molecule has 0 radical (unpaired) electrons. The van der Waals surface area contributed by atoms with Crippen molar-refractivity contribution in [3.63, 3.8) is 0 Å². The third kappa shape index (κ3) is 3.74. The summed E-state index contributed by atoms with van der Waals surface area (Å²) in [5, 5.41) is 3.36. The van der Waals surface area contributed by atoms with Gasteiger partial charge in [-0.05, 0) is 43.4 Å². The first-order valence-corrected chi connectivity index (χ1v) is 8.98. The number of carbonyl (C=O) groups excluding carboxylic acids is 2. The van der Waals surface area contributed by atoms with Crippen LogP contribution in [0.5, 0.6) is 5.75 Å². The smallest absolute Gasteiger partial charge is 0.251 e. The summed E-state index contributed by atoms with van der Waals surface area (Å²) in [4.78, 5) is 25.3. The number of methoxy groups -OCH3 is 1. The van der Waals surface area contributed by atoms with Crippen LogP contribution >= 0.6 is 11.3 Å². The minimum atomic E-state index is -0.483. The van der Waals surface area contributed by atoms with Crippen LogP contribution in [0.2, 0.25) is 0 Å². The van der Waals surface area contributed by atoms with E-state index in [0.717, 1.165) is 41.7 Å². The Kier molecular flexibility index (Phi) is 5.19. The van der Waals surface area contributed by atoms with E-state index < -0.39 is 5.91 Å². The van der Waals surface area contributed by atoms with Crippen molar-refractivity contribution in [1.29, 1.82) is 0 Å².